The molecule has 0 spiro atoms. The Balaban J connectivity index is 1.80. The van der Waals surface area contributed by atoms with Crippen molar-refractivity contribution in [3.63, 3.8) is 0 Å². The van der Waals surface area contributed by atoms with E-state index in [1.807, 2.05) is 18.2 Å². The third-order valence-electron chi connectivity index (χ3n) is 2.44. The van der Waals surface area contributed by atoms with Gasteiger partial charge in [0.2, 0.25) is 0 Å². The van der Waals surface area contributed by atoms with Crippen LogP contribution in [0.5, 0.6) is 0 Å². The van der Waals surface area contributed by atoms with E-state index in [0.29, 0.717) is 0 Å². The van der Waals surface area contributed by atoms with Crippen LogP contribution in [-0.4, -0.2) is 6.54 Å². The first-order chi connectivity index (χ1) is 7.77. The molecule has 0 fully saturated rings. The van der Waals surface area contributed by atoms with Crippen LogP contribution in [0.1, 0.15) is 24.5 Å². The van der Waals surface area contributed by atoms with Crippen LogP contribution in [0.4, 0.5) is 0 Å². The third kappa shape index (κ3) is 2.77. The monoisotopic (exact) mass is 283 g/mol. The Bertz CT molecular complexity index is 422. The Morgan fingerprint density at radius 1 is 1.31 bits per heavy atom. The van der Waals surface area contributed by atoms with Crippen molar-refractivity contribution in [3.8, 4) is 0 Å². The van der Waals surface area contributed by atoms with Crippen molar-refractivity contribution in [1.82, 2.24) is 5.32 Å². The van der Waals surface area contributed by atoms with Gasteiger partial charge >= 0.3 is 0 Å². The fourth-order valence-corrected chi connectivity index (χ4v) is 2.12. The van der Waals surface area contributed by atoms with Gasteiger partial charge in [-0.05, 0) is 41.1 Å². The molecule has 0 aliphatic rings. The average molecular weight is 284 g/mol. The molecule has 0 aromatic carbocycles. The molecule has 0 bridgehead atoms. The van der Waals surface area contributed by atoms with Gasteiger partial charge in [-0.3, -0.25) is 0 Å². The van der Waals surface area contributed by atoms with E-state index in [9.17, 15) is 0 Å². The lowest BCUT2D eigenvalue weighted by atomic mass is 10.2. The Kier molecular flexibility index (Phi) is 3.85. The van der Waals surface area contributed by atoms with Gasteiger partial charge in [-0.25, -0.2) is 0 Å². The van der Waals surface area contributed by atoms with Crippen LogP contribution in [0.2, 0.25) is 0 Å². The topological polar surface area (TPSA) is 38.3 Å². The molecule has 0 amide bonds. The maximum absolute atomic E-state index is 5.38. The van der Waals surface area contributed by atoms with Crippen LogP contribution in [0.3, 0.4) is 0 Å². The molecule has 2 rings (SSSR count). The zero-order chi connectivity index (χ0) is 11.4. The standard InChI is InChI=1S/C12H14BrNO2/c1-9(12-11(13)5-8-16-12)14-6-4-10-3-2-7-15-10/h2-3,5,7-9,14H,4,6H2,1H3. The summed E-state index contributed by atoms with van der Waals surface area (Å²) in [6.07, 6.45) is 4.27. The van der Waals surface area contributed by atoms with Gasteiger partial charge < -0.3 is 14.2 Å². The van der Waals surface area contributed by atoms with Crippen molar-refractivity contribution in [2.75, 3.05) is 6.54 Å². The molecular weight excluding hydrogens is 270 g/mol. The summed E-state index contributed by atoms with van der Waals surface area (Å²) < 4.78 is 11.6. The van der Waals surface area contributed by atoms with E-state index >= 15 is 0 Å². The van der Waals surface area contributed by atoms with E-state index in [4.69, 9.17) is 8.83 Å². The van der Waals surface area contributed by atoms with Crippen LogP contribution in [0, 0.1) is 0 Å². The van der Waals surface area contributed by atoms with E-state index in [1.165, 1.54) is 0 Å². The molecule has 0 radical (unpaired) electrons. The number of hydrogen-bond acceptors (Lipinski definition) is 3. The van der Waals surface area contributed by atoms with E-state index in [2.05, 4.69) is 28.2 Å². The maximum Gasteiger partial charge on any atom is 0.134 e. The van der Waals surface area contributed by atoms with Crippen LogP contribution in [0.15, 0.2) is 44.0 Å². The normalized spacial score (nSPS) is 12.9. The molecule has 2 heterocycles. The van der Waals surface area contributed by atoms with Gasteiger partial charge in [-0.15, -0.1) is 0 Å². The van der Waals surface area contributed by atoms with Crippen molar-refractivity contribution in [2.45, 2.75) is 19.4 Å². The minimum atomic E-state index is 0.194. The molecule has 4 heteroatoms. The van der Waals surface area contributed by atoms with Gasteiger partial charge in [0.05, 0.1) is 23.0 Å². The molecule has 86 valence electrons. The fraction of sp³-hybridized carbons (Fsp3) is 0.333. The lowest BCUT2D eigenvalue weighted by Crippen LogP contribution is -2.21. The molecule has 1 atom stereocenters. The molecule has 0 saturated heterocycles. The minimum Gasteiger partial charge on any atom is -0.469 e. The first-order valence-electron chi connectivity index (χ1n) is 5.26. The Labute approximate surface area is 103 Å². The van der Waals surface area contributed by atoms with Gasteiger partial charge in [-0.2, -0.15) is 0 Å². The molecule has 1 N–H and O–H groups in total. The third-order valence-corrected chi connectivity index (χ3v) is 3.10. The quantitative estimate of drug-likeness (QED) is 0.912. The minimum absolute atomic E-state index is 0.194. The highest BCUT2D eigenvalue weighted by atomic mass is 79.9. The number of halogens is 1. The lowest BCUT2D eigenvalue weighted by Gasteiger charge is -2.11. The first kappa shape index (κ1) is 11.5. The first-order valence-corrected chi connectivity index (χ1v) is 6.05. The molecular formula is C12H14BrNO2. The summed E-state index contributed by atoms with van der Waals surface area (Å²) >= 11 is 3.45. The van der Waals surface area contributed by atoms with Crippen molar-refractivity contribution in [2.24, 2.45) is 0 Å². The number of hydrogen-bond donors (Lipinski definition) is 1. The fourth-order valence-electron chi connectivity index (χ4n) is 1.57. The Morgan fingerprint density at radius 3 is 2.81 bits per heavy atom. The van der Waals surface area contributed by atoms with Crippen molar-refractivity contribution >= 4 is 15.9 Å². The Morgan fingerprint density at radius 2 is 2.19 bits per heavy atom. The zero-order valence-electron chi connectivity index (χ0n) is 9.07. The summed E-state index contributed by atoms with van der Waals surface area (Å²) in [6.45, 7) is 2.94. The number of nitrogens with one attached hydrogen (secondary N) is 1. The highest BCUT2D eigenvalue weighted by Crippen LogP contribution is 2.23. The molecule has 0 saturated carbocycles. The molecule has 0 aliphatic heterocycles. The van der Waals surface area contributed by atoms with Crippen molar-refractivity contribution in [1.29, 1.82) is 0 Å². The SMILES string of the molecule is CC(NCCc1ccco1)c1occc1Br. The molecule has 2 aromatic heterocycles. The zero-order valence-corrected chi connectivity index (χ0v) is 10.7. The van der Waals surface area contributed by atoms with Crippen LogP contribution in [0.25, 0.3) is 0 Å². The van der Waals surface area contributed by atoms with Crippen molar-refractivity contribution in [3.05, 3.63) is 46.7 Å². The second-order valence-corrected chi connectivity index (χ2v) is 4.49. The summed E-state index contributed by atoms with van der Waals surface area (Å²) in [5.41, 5.74) is 0. The van der Waals surface area contributed by atoms with Gasteiger partial charge in [0.15, 0.2) is 0 Å². The van der Waals surface area contributed by atoms with Crippen LogP contribution in [-0.2, 0) is 6.42 Å². The van der Waals surface area contributed by atoms with Crippen LogP contribution >= 0.6 is 15.9 Å². The van der Waals surface area contributed by atoms with Crippen molar-refractivity contribution < 1.29 is 8.83 Å². The summed E-state index contributed by atoms with van der Waals surface area (Å²) in [5.74, 6) is 1.93. The average Bonchev–Trinajstić information content (AvgIpc) is 2.88. The summed E-state index contributed by atoms with van der Waals surface area (Å²) in [7, 11) is 0. The molecule has 3 nitrogen and oxygen atoms in total. The summed E-state index contributed by atoms with van der Waals surface area (Å²) in [6, 6.07) is 5.98. The number of furan rings is 2. The molecule has 16 heavy (non-hydrogen) atoms. The molecule has 0 aliphatic carbocycles. The summed E-state index contributed by atoms with van der Waals surface area (Å²) in [5, 5.41) is 3.38. The van der Waals surface area contributed by atoms with E-state index in [1.54, 1.807) is 12.5 Å². The number of rotatable bonds is 5. The Hall–Kier alpha value is -1.00. The largest absolute Gasteiger partial charge is 0.469 e. The predicted octanol–water partition coefficient (Wildman–Crippen LogP) is 3.53. The van der Waals surface area contributed by atoms with Gasteiger partial charge in [0.1, 0.15) is 11.5 Å². The smallest absolute Gasteiger partial charge is 0.134 e. The van der Waals surface area contributed by atoms with Gasteiger partial charge in [0.25, 0.3) is 0 Å². The second-order valence-electron chi connectivity index (χ2n) is 3.64. The van der Waals surface area contributed by atoms with E-state index < -0.39 is 0 Å². The highest BCUT2D eigenvalue weighted by Gasteiger charge is 2.11. The van der Waals surface area contributed by atoms with E-state index in [-0.39, 0.29) is 6.04 Å². The molecule has 1 unspecified atom stereocenters. The van der Waals surface area contributed by atoms with Gasteiger partial charge in [0, 0.05) is 13.0 Å². The molecule has 2 aromatic rings. The maximum atomic E-state index is 5.38. The second kappa shape index (κ2) is 5.37. The lowest BCUT2D eigenvalue weighted by molar-refractivity contribution is 0.421. The van der Waals surface area contributed by atoms with Crippen LogP contribution < -0.4 is 5.32 Å². The highest BCUT2D eigenvalue weighted by molar-refractivity contribution is 9.10. The summed E-state index contributed by atoms with van der Waals surface area (Å²) in [4.78, 5) is 0. The predicted molar refractivity (Wildman–Crippen MR) is 65.2 cm³/mol. The van der Waals surface area contributed by atoms with Gasteiger partial charge in [-0.1, -0.05) is 0 Å². The van der Waals surface area contributed by atoms with E-state index in [0.717, 1.165) is 29.0 Å².